The molecule has 28 heavy (non-hydrogen) atoms. The molecule has 0 saturated carbocycles. The zero-order valence-electron chi connectivity index (χ0n) is 16.4. The maximum Gasteiger partial charge on any atom is 0.340 e. The zero-order valence-corrected chi connectivity index (χ0v) is 16.4. The third-order valence-corrected chi connectivity index (χ3v) is 4.27. The molecule has 0 fully saturated rings. The molecular weight excluding hydrogens is 365 g/mol. The van der Waals surface area contributed by atoms with Crippen LogP contribution in [0.1, 0.15) is 54.9 Å². The number of benzene rings is 1. The fourth-order valence-electron chi connectivity index (χ4n) is 2.76. The Labute approximate surface area is 162 Å². The molecule has 0 aliphatic carbocycles. The zero-order chi connectivity index (χ0) is 20.8. The van der Waals surface area contributed by atoms with Gasteiger partial charge < -0.3 is 20.4 Å². The largest absolute Gasteiger partial charge is 0.462 e. The standard InChI is InChI=1S/C20H24FN3O4/c1-5-28-20(27)16-12(3)17(24-13(16)4)19(26)23-9-8-22-18(25)14-7-6-11(2)15(21)10-14/h6-7,10,24H,5,8-9H2,1-4H3,(H,22,25)(H,23,26). The van der Waals surface area contributed by atoms with Crippen molar-refractivity contribution in [3.05, 3.63) is 57.7 Å². The number of aromatic nitrogens is 1. The summed E-state index contributed by atoms with van der Waals surface area (Å²) in [5.41, 5.74) is 2.35. The van der Waals surface area contributed by atoms with Gasteiger partial charge >= 0.3 is 5.97 Å². The number of halogens is 1. The number of ether oxygens (including phenoxy) is 1. The summed E-state index contributed by atoms with van der Waals surface area (Å²) in [6.07, 6.45) is 0. The predicted octanol–water partition coefficient (Wildman–Crippen LogP) is 2.42. The van der Waals surface area contributed by atoms with Crippen LogP contribution in [0, 0.1) is 26.6 Å². The van der Waals surface area contributed by atoms with Crippen molar-refractivity contribution in [1.82, 2.24) is 15.6 Å². The number of hydrogen-bond acceptors (Lipinski definition) is 4. The molecule has 7 nitrogen and oxygen atoms in total. The summed E-state index contributed by atoms with van der Waals surface area (Å²) in [6, 6.07) is 4.24. The van der Waals surface area contributed by atoms with Crippen molar-refractivity contribution >= 4 is 17.8 Å². The minimum Gasteiger partial charge on any atom is -0.462 e. The van der Waals surface area contributed by atoms with E-state index in [9.17, 15) is 18.8 Å². The van der Waals surface area contributed by atoms with E-state index in [1.807, 2.05) is 0 Å². The van der Waals surface area contributed by atoms with Crippen LogP contribution in [-0.4, -0.2) is 42.5 Å². The summed E-state index contributed by atoms with van der Waals surface area (Å²) in [7, 11) is 0. The lowest BCUT2D eigenvalue weighted by Crippen LogP contribution is -2.35. The summed E-state index contributed by atoms with van der Waals surface area (Å²) >= 11 is 0. The number of aromatic amines is 1. The molecule has 2 rings (SSSR count). The molecule has 8 heteroatoms. The average Bonchev–Trinajstić information content (AvgIpc) is 2.95. The normalized spacial score (nSPS) is 10.5. The molecule has 1 aromatic carbocycles. The fraction of sp³-hybridized carbons (Fsp3) is 0.350. The highest BCUT2D eigenvalue weighted by atomic mass is 19.1. The molecule has 2 amide bonds. The van der Waals surface area contributed by atoms with Gasteiger partial charge in [-0.25, -0.2) is 9.18 Å². The highest BCUT2D eigenvalue weighted by Crippen LogP contribution is 2.19. The first-order chi connectivity index (χ1) is 13.3. The molecule has 0 atom stereocenters. The summed E-state index contributed by atoms with van der Waals surface area (Å²) in [5, 5.41) is 5.28. The minimum absolute atomic E-state index is 0.170. The first-order valence-corrected chi connectivity index (χ1v) is 8.95. The number of carbonyl (C=O) groups excluding carboxylic acids is 3. The highest BCUT2D eigenvalue weighted by Gasteiger charge is 2.22. The van der Waals surface area contributed by atoms with Gasteiger partial charge in [0.2, 0.25) is 0 Å². The van der Waals surface area contributed by atoms with Crippen LogP contribution >= 0.6 is 0 Å². The third kappa shape index (κ3) is 4.76. The molecule has 1 aromatic heterocycles. The van der Waals surface area contributed by atoms with E-state index in [4.69, 9.17) is 4.74 Å². The second-order valence-corrected chi connectivity index (χ2v) is 6.32. The molecule has 2 aromatic rings. The number of H-pyrrole nitrogens is 1. The van der Waals surface area contributed by atoms with Crippen LogP contribution in [0.15, 0.2) is 18.2 Å². The Hall–Kier alpha value is -3.16. The molecule has 0 unspecified atom stereocenters. The quantitative estimate of drug-likeness (QED) is 0.500. The van der Waals surface area contributed by atoms with Gasteiger partial charge in [0.05, 0.1) is 12.2 Å². The topological polar surface area (TPSA) is 100 Å². The van der Waals surface area contributed by atoms with Gasteiger partial charge in [0.15, 0.2) is 0 Å². The SMILES string of the molecule is CCOC(=O)c1c(C)[nH]c(C(=O)NCCNC(=O)c2ccc(C)c(F)c2)c1C. The Morgan fingerprint density at radius 3 is 2.32 bits per heavy atom. The summed E-state index contributed by atoms with van der Waals surface area (Å²) in [6.45, 7) is 7.27. The number of esters is 1. The Bertz CT molecular complexity index is 905. The molecule has 0 spiro atoms. The van der Waals surface area contributed by atoms with E-state index >= 15 is 0 Å². The first-order valence-electron chi connectivity index (χ1n) is 8.95. The van der Waals surface area contributed by atoms with E-state index in [1.54, 1.807) is 27.7 Å². The number of nitrogens with one attached hydrogen (secondary N) is 3. The van der Waals surface area contributed by atoms with E-state index < -0.39 is 23.6 Å². The molecule has 0 bridgehead atoms. The maximum absolute atomic E-state index is 13.5. The monoisotopic (exact) mass is 389 g/mol. The van der Waals surface area contributed by atoms with E-state index in [1.165, 1.54) is 18.2 Å². The molecule has 0 saturated heterocycles. The predicted molar refractivity (Wildman–Crippen MR) is 102 cm³/mol. The van der Waals surface area contributed by atoms with Gasteiger partial charge in [-0.05, 0) is 51.0 Å². The highest BCUT2D eigenvalue weighted by molar-refractivity contribution is 6.00. The van der Waals surface area contributed by atoms with Crippen molar-refractivity contribution in [3.63, 3.8) is 0 Å². The molecule has 0 aliphatic heterocycles. The first kappa shape index (κ1) is 21.1. The molecule has 1 heterocycles. The Morgan fingerprint density at radius 1 is 1.07 bits per heavy atom. The number of hydrogen-bond donors (Lipinski definition) is 3. The van der Waals surface area contributed by atoms with Crippen LogP contribution < -0.4 is 10.6 Å². The molecular formula is C20H24FN3O4. The summed E-state index contributed by atoms with van der Waals surface area (Å²) in [5.74, 6) is -1.75. The lowest BCUT2D eigenvalue weighted by Gasteiger charge is -2.08. The van der Waals surface area contributed by atoms with E-state index in [-0.39, 0.29) is 31.0 Å². The lowest BCUT2D eigenvalue weighted by molar-refractivity contribution is 0.0524. The van der Waals surface area contributed by atoms with Gasteiger partial charge in [0.1, 0.15) is 11.5 Å². The fourth-order valence-corrected chi connectivity index (χ4v) is 2.76. The second kappa shape index (κ2) is 9.16. The van der Waals surface area contributed by atoms with Crippen molar-refractivity contribution in [3.8, 4) is 0 Å². The van der Waals surface area contributed by atoms with Crippen LogP contribution in [0.25, 0.3) is 0 Å². The van der Waals surface area contributed by atoms with E-state index in [0.29, 0.717) is 22.4 Å². The molecule has 0 radical (unpaired) electrons. The lowest BCUT2D eigenvalue weighted by atomic mass is 10.1. The van der Waals surface area contributed by atoms with E-state index in [2.05, 4.69) is 15.6 Å². The third-order valence-electron chi connectivity index (χ3n) is 4.27. The second-order valence-electron chi connectivity index (χ2n) is 6.32. The number of rotatable bonds is 7. The van der Waals surface area contributed by atoms with Gasteiger partial charge in [0.25, 0.3) is 11.8 Å². The van der Waals surface area contributed by atoms with Crippen LogP contribution in [-0.2, 0) is 4.74 Å². The molecule has 0 aliphatic rings. The van der Waals surface area contributed by atoms with Crippen molar-refractivity contribution in [2.45, 2.75) is 27.7 Å². The summed E-state index contributed by atoms with van der Waals surface area (Å²) < 4.78 is 18.5. The maximum atomic E-state index is 13.5. The van der Waals surface area contributed by atoms with Gasteiger partial charge in [0, 0.05) is 24.3 Å². The van der Waals surface area contributed by atoms with Gasteiger partial charge in [-0.2, -0.15) is 0 Å². The van der Waals surface area contributed by atoms with Crippen molar-refractivity contribution in [2.75, 3.05) is 19.7 Å². The Balaban J connectivity index is 1.90. The van der Waals surface area contributed by atoms with Gasteiger partial charge in [-0.3, -0.25) is 9.59 Å². The average molecular weight is 389 g/mol. The van der Waals surface area contributed by atoms with Crippen molar-refractivity contribution in [2.24, 2.45) is 0 Å². The van der Waals surface area contributed by atoms with Gasteiger partial charge in [-0.1, -0.05) is 6.07 Å². The summed E-state index contributed by atoms with van der Waals surface area (Å²) in [4.78, 5) is 39.3. The van der Waals surface area contributed by atoms with Crippen LogP contribution in [0.3, 0.4) is 0 Å². The minimum atomic E-state index is -0.481. The Morgan fingerprint density at radius 2 is 1.71 bits per heavy atom. The number of aryl methyl sites for hydroxylation is 2. The van der Waals surface area contributed by atoms with Crippen molar-refractivity contribution < 1.29 is 23.5 Å². The van der Waals surface area contributed by atoms with E-state index in [0.717, 1.165) is 0 Å². The smallest absolute Gasteiger partial charge is 0.340 e. The van der Waals surface area contributed by atoms with Crippen LogP contribution in [0.5, 0.6) is 0 Å². The van der Waals surface area contributed by atoms with Gasteiger partial charge in [-0.15, -0.1) is 0 Å². The molecule has 150 valence electrons. The number of amides is 2. The van der Waals surface area contributed by atoms with Crippen LogP contribution in [0.4, 0.5) is 4.39 Å². The van der Waals surface area contributed by atoms with Crippen molar-refractivity contribution in [1.29, 1.82) is 0 Å². The molecule has 3 N–H and O–H groups in total. The number of carbonyl (C=O) groups is 3. The Kier molecular flexibility index (Phi) is 6.92. The van der Waals surface area contributed by atoms with Crippen LogP contribution in [0.2, 0.25) is 0 Å².